The standard InChI is InChI=1S/C15H20N2O3/c1-4-20-14(18)8-13(17)11-5-10(9-16)6-12(7-11)15(2,3)19/h5-7,13,19H,4,8,17H2,1-3H3/t13-/m0/s1. The molecular formula is C15H20N2O3. The van der Waals surface area contributed by atoms with Crippen molar-refractivity contribution in [3.63, 3.8) is 0 Å². The summed E-state index contributed by atoms with van der Waals surface area (Å²) in [5.41, 5.74) is 6.52. The van der Waals surface area contributed by atoms with Gasteiger partial charge in [-0.2, -0.15) is 5.26 Å². The second-order valence-electron chi connectivity index (χ2n) is 5.13. The van der Waals surface area contributed by atoms with Crippen molar-refractivity contribution in [2.75, 3.05) is 6.61 Å². The number of ether oxygens (including phenoxy) is 1. The maximum Gasteiger partial charge on any atom is 0.307 e. The minimum absolute atomic E-state index is 0.0357. The zero-order chi connectivity index (χ0) is 15.3. The highest BCUT2D eigenvalue weighted by atomic mass is 16.5. The second kappa shape index (κ2) is 6.51. The first-order valence-corrected chi connectivity index (χ1v) is 6.47. The molecule has 0 unspecified atom stereocenters. The summed E-state index contributed by atoms with van der Waals surface area (Å²) in [4.78, 5) is 11.4. The number of nitrogens with zero attached hydrogens (tertiary/aromatic N) is 1. The molecule has 20 heavy (non-hydrogen) atoms. The maximum absolute atomic E-state index is 11.4. The van der Waals surface area contributed by atoms with Crippen molar-refractivity contribution in [2.45, 2.75) is 38.8 Å². The molecule has 0 amide bonds. The van der Waals surface area contributed by atoms with E-state index in [1.807, 2.05) is 6.07 Å². The summed E-state index contributed by atoms with van der Waals surface area (Å²) in [5, 5.41) is 19.1. The summed E-state index contributed by atoms with van der Waals surface area (Å²) in [5.74, 6) is -0.382. The molecule has 0 saturated carbocycles. The van der Waals surface area contributed by atoms with E-state index in [4.69, 9.17) is 15.7 Å². The lowest BCUT2D eigenvalue weighted by Crippen LogP contribution is -2.20. The fourth-order valence-electron chi connectivity index (χ4n) is 1.80. The van der Waals surface area contributed by atoms with E-state index in [0.717, 1.165) is 0 Å². The van der Waals surface area contributed by atoms with Crippen LogP contribution in [0.15, 0.2) is 18.2 Å². The fraction of sp³-hybridized carbons (Fsp3) is 0.467. The average Bonchev–Trinajstić information content (AvgIpc) is 2.37. The number of aliphatic hydroxyl groups is 1. The Balaban J connectivity index is 3.06. The van der Waals surface area contributed by atoms with E-state index in [2.05, 4.69) is 0 Å². The van der Waals surface area contributed by atoms with Gasteiger partial charge in [-0.15, -0.1) is 0 Å². The number of carbonyl (C=O) groups is 1. The van der Waals surface area contributed by atoms with Gasteiger partial charge < -0.3 is 15.6 Å². The maximum atomic E-state index is 11.4. The molecule has 5 heteroatoms. The predicted molar refractivity (Wildman–Crippen MR) is 74.6 cm³/mol. The van der Waals surface area contributed by atoms with Gasteiger partial charge in [-0.05, 0) is 44.0 Å². The molecule has 0 saturated heterocycles. The summed E-state index contributed by atoms with van der Waals surface area (Å²) in [6, 6.07) is 6.41. The lowest BCUT2D eigenvalue weighted by Gasteiger charge is -2.20. The quantitative estimate of drug-likeness (QED) is 0.798. The topological polar surface area (TPSA) is 96.3 Å². The van der Waals surface area contributed by atoms with Crippen LogP contribution in [-0.2, 0) is 15.1 Å². The first kappa shape index (κ1) is 16.2. The molecule has 1 atom stereocenters. The van der Waals surface area contributed by atoms with E-state index < -0.39 is 11.6 Å². The third kappa shape index (κ3) is 4.34. The minimum atomic E-state index is -1.08. The van der Waals surface area contributed by atoms with Gasteiger partial charge >= 0.3 is 5.97 Å². The van der Waals surface area contributed by atoms with E-state index in [9.17, 15) is 9.90 Å². The Kier molecular flexibility index (Phi) is 5.26. The van der Waals surface area contributed by atoms with Crippen LogP contribution in [0.3, 0.4) is 0 Å². The zero-order valence-electron chi connectivity index (χ0n) is 12.0. The molecule has 0 bridgehead atoms. The molecule has 0 spiro atoms. The average molecular weight is 276 g/mol. The van der Waals surface area contributed by atoms with Crippen LogP contribution in [0.5, 0.6) is 0 Å². The number of hydrogen-bond acceptors (Lipinski definition) is 5. The van der Waals surface area contributed by atoms with Gasteiger partial charge in [-0.25, -0.2) is 0 Å². The molecule has 0 aromatic heterocycles. The lowest BCUT2D eigenvalue weighted by molar-refractivity contribution is -0.143. The molecular weight excluding hydrogens is 256 g/mol. The Morgan fingerprint density at radius 2 is 2.15 bits per heavy atom. The first-order chi connectivity index (χ1) is 9.27. The van der Waals surface area contributed by atoms with Crippen molar-refractivity contribution in [3.05, 3.63) is 34.9 Å². The van der Waals surface area contributed by atoms with Crippen LogP contribution in [-0.4, -0.2) is 17.7 Å². The van der Waals surface area contributed by atoms with E-state index in [1.165, 1.54) is 0 Å². The Hall–Kier alpha value is -1.90. The number of carbonyl (C=O) groups excluding carboxylic acids is 1. The third-order valence-corrected chi connectivity index (χ3v) is 2.91. The number of nitriles is 1. The first-order valence-electron chi connectivity index (χ1n) is 6.47. The molecule has 1 rings (SSSR count). The number of esters is 1. The predicted octanol–water partition coefficient (Wildman–Crippen LogP) is 1.74. The molecule has 108 valence electrons. The van der Waals surface area contributed by atoms with Gasteiger partial charge in [-0.3, -0.25) is 4.79 Å². The summed E-state index contributed by atoms with van der Waals surface area (Å²) in [6.45, 7) is 5.29. The summed E-state index contributed by atoms with van der Waals surface area (Å²) < 4.78 is 4.85. The molecule has 3 N–H and O–H groups in total. The molecule has 0 aliphatic rings. The Morgan fingerprint density at radius 3 is 2.65 bits per heavy atom. The van der Waals surface area contributed by atoms with Crippen LogP contribution >= 0.6 is 0 Å². The van der Waals surface area contributed by atoms with E-state index in [-0.39, 0.29) is 12.4 Å². The van der Waals surface area contributed by atoms with Crippen molar-refractivity contribution >= 4 is 5.97 Å². The van der Waals surface area contributed by atoms with Gasteiger partial charge in [0.05, 0.1) is 30.3 Å². The van der Waals surface area contributed by atoms with E-state index in [1.54, 1.807) is 39.0 Å². The molecule has 5 nitrogen and oxygen atoms in total. The van der Waals surface area contributed by atoms with E-state index >= 15 is 0 Å². The number of benzene rings is 1. The molecule has 1 aromatic rings. The minimum Gasteiger partial charge on any atom is -0.466 e. The van der Waals surface area contributed by atoms with Crippen LogP contribution in [0.25, 0.3) is 0 Å². The lowest BCUT2D eigenvalue weighted by atomic mass is 9.91. The van der Waals surface area contributed by atoms with Crippen molar-refractivity contribution in [3.8, 4) is 6.07 Å². The van der Waals surface area contributed by atoms with Crippen molar-refractivity contribution in [1.82, 2.24) is 0 Å². The van der Waals surface area contributed by atoms with E-state index in [0.29, 0.717) is 23.3 Å². The SMILES string of the molecule is CCOC(=O)C[C@H](N)c1cc(C#N)cc(C(C)(C)O)c1. The summed E-state index contributed by atoms with van der Waals surface area (Å²) >= 11 is 0. The molecule has 0 fully saturated rings. The normalized spacial score (nSPS) is 12.6. The van der Waals surface area contributed by atoms with Crippen LogP contribution in [0.2, 0.25) is 0 Å². The smallest absolute Gasteiger partial charge is 0.307 e. The zero-order valence-corrected chi connectivity index (χ0v) is 12.0. The van der Waals surface area contributed by atoms with Gasteiger partial charge in [0.1, 0.15) is 0 Å². The highest BCUT2D eigenvalue weighted by Crippen LogP contribution is 2.25. The van der Waals surface area contributed by atoms with Crippen molar-refractivity contribution in [2.24, 2.45) is 5.73 Å². The largest absolute Gasteiger partial charge is 0.466 e. The van der Waals surface area contributed by atoms with Crippen LogP contribution in [0, 0.1) is 11.3 Å². The van der Waals surface area contributed by atoms with Crippen LogP contribution < -0.4 is 5.73 Å². The van der Waals surface area contributed by atoms with Gasteiger partial charge in [0.25, 0.3) is 0 Å². The van der Waals surface area contributed by atoms with Gasteiger partial charge in [0.2, 0.25) is 0 Å². The Labute approximate surface area is 119 Å². The molecule has 0 aliphatic heterocycles. The van der Waals surface area contributed by atoms with Crippen LogP contribution in [0.1, 0.15) is 49.9 Å². The van der Waals surface area contributed by atoms with Crippen LogP contribution in [0.4, 0.5) is 0 Å². The van der Waals surface area contributed by atoms with Gasteiger partial charge in [0, 0.05) is 6.04 Å². The monoisotopic (exact) mass is 276 g/mol. The van der Waals surface area contributed by atoms with Gasteiger partial charge in [0.15, 0.2) is 0 Å². The Bertz CT molecular complexity index is 527. The number of rotatable bonds is 5. The molecule has 1 aromatic carbocycles. The van der Waals surface area contributed by atoms with Crippen molar-refractivity contribution < 1.29 is 14.6 Å². The Morgan fingerprint density at radius 1 is 1.50 bits per heavy atom. The third-order valence-electron chi connectivity index (χ3n) is 2.91. The second-order valence-corrected chi connectivity index (χ2v) is 5.13. The molecule has 0 heterocycles. The van der Waals surface area contributed by atoms with Crippen molar-refractivity contribution in [1.29, 1.82) is 5.26 Å². The number of hydrogen-bond donors (Lipinski definition) is 2. The molecule has 0 aliphatic carbocycles. The van der Waals surface area contributed by atoms with Gasteiger partial charge in [-0.1, -0.05) is 6.07 Å². The highest BCUT2D eigenvalue weighted by molar-refractivity contribution is 5.70. The number of nitrogens with two attached hydrogens (primary N) is 1. The summed E-state index contributed by atoms with van der Waals surface area (Å²) in [7, 11) is 0. The fourth-order valence-corrected chi connectivity index (χ4v) is 1.80. The molecule has 0 radical (unpaired) electrons. The highest BCUT2D eigenvalue weighted by Gasteiger charge is 2.20. The summed E-state index contributed by atoms with van der Waals surface area (Å²) in [6.07, 6.45) is 0.0357.